The number of aryl methyl sites for hydroxylation is 5. The van der Waals surface area contributed by atoms with E-state index in [0.717, 1.165) is 49.0 Å². The fourth-order valence-electron chi connectivity index (χ4n) is 3.85. The predicted molar refractivity (Wildman–Crippen MR) is 121 cm³/mol. The first kappa shape index (κ1) is 30.7. The van der Waals surface area contributed by atoms with Gasteiger partial charge in [-0.1, -0.05) is 29.8 Å². The Labute approximate surface area is 224 Å². The third-order valence-corrected chi connectivity index (χ3v) is 5.07. The second-order valence-electron chi connectivity index (χ2n) is 7.95. The van der Waals surface area contributed by atoms with E-state index in [-0.39, 0.29) is 50.7 Å². The van der Waals surface area contributed by atoms with Crippen molar-refractivity contribution in [3.63, 3.8) is 0 Å². The molecule has 0 aliphatic heterocycles. The van der Waals surface area contributed by atoms with Gasteiger partial charge in [0.1, 0.15) is 0 Å². The quantitative estimate of drug-likeness (QED) is 0.363. The second kappa shape index (κ2) is 14.8. The molecule has 3 rings (SSSR count). The second-order valence-corrected chi connectivity index (χ2v) is 7.95. The maximum atomic E-state index is 4.69. The van der Waals surface area contributed by atoms with Crippen molar-refractivity contribution in [1.29, 1.82) is 0 Å². The van der Waals surface area contributed by atoms with Crippen molar-refractivity contribution >= 4 is 5.69 Å². The van der Waals surface area contributed by atoms with Crippen molar-refractivity contribution in [2.45, 2.75) is 47.7 Å². The Morgan fingerprint density at radius 3 is 1.66 bits per heavy atom. The summed E-state index contributed by atoms with van der Waals surface area (Å²) in [6.07, 6.45) is 0. The van der Waals surface area contributed by atoms with Gasteiger partial charge in [-0.25, -0.2) is 0 Å². The monoisotopic (exact) mass is 605 g/mol. The van der Waals surface area contributed by atoms with Gasteiger partial charge >= 0.3 is 16.8 Å². The van der Waals surface area contributed by atoms with Gasteiger partial charge in [-0.15, -0.1) is 0 Å². The fraction of sp³-hybridized carbons (Fsp3) is 0.360. The third kappa shape index (κ3) is 9.31. The zero-order valence-corrected chi connectivity index (χ0v) is 23.6. The molecule has 2 aromatic heterocycles. The molecular formula is C25H32Br2CoN4. The Morgan fingerprint density at radius 1 is 0.750 bits per heavy atom. The van der Waals surface area contributed by atoms with Crippen LogP contribution in [0.3, 0.4) is 0 Å². The number of anilines is 1. The van der Waals surface area contributed by atoms with E-state index in [1.54, 1.807) is 0 Å². The van der Waals surface area contributed by atoms with Crippen LogP contribution in [0.5, 0.6) is 0 Å². The number of rotatable bonds is 8. The Morgan fingerprint density at radius 2 is 1.22 bits per heavy atom. The van der Waals surface area contributed by atoms with Crippen molar-refractivity contribution in [1.82, 2.24) is 14.9 Å². The van der Waals surface area contributed by atoms with Crippen molar-refractivity contribution in [3.05, 3.63) is 88.0 Å². The number of nitrogens with one attached hydrogen (secondary N) is 1. The van der Waals surface area contributed by atoms with Crippen LogP contribution in [0, 0.1) is 34.6 Å². The smallest absolute Gasteiger partial charge is 1.00 e. The molecule has 0 bridgehead atoms. The molecule has 0 aliphatic carbocycles. The summed E-state index contributed by atoms with van der Waals surface area (Å²) in [5, 5.41) is 3.65. The standard InChI is InChI=1S/C25H32N4.2BrH.Co/c1-18-14-19(2)25(20(3)15-18)26-12-13-29(16-23-10-6-8-21(4)27-23)17-24-11-7-9-22(5)28-24;;;/h6-11,14-15,26H,12-13,16-17H2,1-5H3;2*1H;/q;;;+2/p-2. The first-order valence-corrected chi connectivity index (χ1v) is 10.3. The Bertz CT molecular complexity index is 911. The van der Waals surface area contributed by atoms with E-state index in [4.69, 9.17) is 9.97 Å². The molecule has 32 heavy (non-hydrogen) atoms. The molecule has 1 radical (unpaired) electrons. The van der Waals surface area contributed by atoms with Crippen molar-refractivity contribution in [2.75, 3.05) is 18.4 Å². The molecule has 0 spiro atoms. The first-order valence-electron chi connectivity index (χ1n) is 10.3. The van der Waals surface area contributed by atoms with Gasteiger partial charge in [0.05, 0.1) is 11.4 Å². The number of pyridine rings is 2. The van der Waals surface area contributed by atoms with Crippen molar-refractivity contribution < 1.29 is 50.7 Å². The van der Waals surface area contributed by atoms with Crippen LogP contribution in [0.2, 0.25) is 0 Å². The number of hydrogen-bond donors (Lipinski definition) is 1. The number of aromatic nitrogens is 2. The van der Waals surface area contributed by atoms with Crippen LogP contribution in [0.4, 0.5) is 5.69 Å². The maximum Gasteiger partial charge on any atom is 2.00 e. The van der Waals surface area contributed by atoms with E-state index < -0.39 is 0 Å². The van der Waals surface area contributed by atoms with Crippen LogP contribution in [0.25, 0.3) is 0 Å². The fourth-order valence-corrected chi connectivity index (χ4v) is 3.85. The van der Waals surface area contributed by atoms with Gasteiger partial charge in [-0.05, 0) is 70.0 Å². The zero-order chi connectivity index (χ0) is 20.8. The topological polar surface area (TPSA) is 41.0 Å². The van der Waals surface area contributed by atoms with E-state index in [9.17, 15) is 0 Å². The summed E-state index contributed by atoms with van der Waals surface area (Å²) in [6.45, 7) is 14.0. The molecule has 0 aliphatic rings. The summed E-state index contributed by atoms with van der Waals surface area (Å²) in [6, 6.07) is 16.9. The normalized spacial score (nSPS) is 10.1. The van der Waals surface area contributed by atoms with Crippen LogP contribution in [-0.4, -0.2) is 28.0 Å². The van der Waals surface area contributed by atoms with Crippen molar-refractivity contribution in [2.24, 2.45) is 0 Å². The molecule has 1 aromatic carbocycles. The Balaban J connectivity index is 0.00000320. The first-order chi connectivity index (χ1) is 13.9. The average molecular weight is 607 g/mol. The molecule has 0 saturated carbocycles. The van der Waals surface area contributed by atoms with E-state index in [2.05, 4.69) is 67.4 Å². The molecule has 0 fully saturated rings. The molecule has 3 aromatic rings. The van der Waals surface area contributed by atoms with Gasteiger partial charge in [0.25, 0.3) is 0 Å². The number of halogens is 2. The Kier molecular flexibility index (Phi) is 14.2. The average Bonchev–Trinajstić information content (AvgIpc) is 2.64. The summed E-state index contributed by atoms with van der Waals surface area (Å²) in [4.78, 5) is 11.8. The summed E-state index contributed by atoms with van der Waals surface area (Å²) in [5.74, 6) is 0. The van der Waals surface area contributed by atoms with Crippen LogP contribution in [0.1, 0.15) is 39.5 Å². The molecule has 4 nitrogen and oxygen atoms in total. The van der Waals surface area contributed by atoms with Crippen LogP contribution in [0.15, 0.2) is 48.5 Å². The van der Waals surface area contributed by atoms with Crippen molar-refractivity contribution in [3.8, 4) is 0 Å². The van der Waals surface area contributed by atoms with Gasteiger partial charge in [-0.2, -0.15) is 0 Å². The molecule has 0 amide bonds. The molecule has 0 atom stereocenters. The van der Waals surface area contributed by atoms with Gasteiger partial charge in [0, 0.05) is 43.3 Å². The molecule has 2 heterocycles. The molecule has 0 saturated heterocycles. The largest absolute Gasteiger partial charge is 2.00 e. The van der Waals surface area contributed by atoms with Gasteiger partial charge in [0.2, 0.25) is 0 Å². The van der Waals surface area contributed by atoms with E-state index in [0.29, 0.717) is 0 Å². The van der Waals surface area contributed by atoms with Crippen LogP contribution < -0.4 is 39.3 Å². The molecule has 7 heteroatoms. The summed E-state index contributed by atoms with van der Waals surface area (Å²) in [5.41, 5.74) is 9.46. The molecule has 0 unspecified atom stereocenters. The third-order valence-electron chi connectivity index (χ3n) is 5.07. The molecule has 175 valence electrons. The van der Waals surface area contributed by atoms with Gasteiger partial charge in [0.15, 0.2) is 0 Å². The zero-order valence-electron chi connectivity index (χ0n) is 19.4. The number of benzene rings is 1. The number of hydrogen-bond acceptors (Lipinski definition) is 4. The predicted octanol–water partition coefficient (Wildman–Crippen LogP) is -0.861. The van der Waals surface area contributed by atoms with E-state index in [1.807, 2.05) is 26.0 Å². The minimum Gasteiger partial charge on any atom is -1.00 e. The summed E-state index contributed by atoms with van der Waals surface area (Å²) >= 11 is 0. The van der Waals surface area contributed by atoms with Crippen LogP contribution in [-0.2, 0) is 29.9 Å². The summed E-state index contributed by atoms with van der Waals surface area (Å²) in [7, 11) is 0. The van der Waals surface area contributed by atoms with Gasteiger partial charge in [-0.3, -0.25) is 14.9 Å². The minimum atomic E-state index is 0. The summed E-state index contributed by atoms with van der Waals surface area (Å²) < 4.78 is 0. The SMILES string of the molecule is Cc1cc(C)c(NCCN(Cc2cccc(C)n2)Cc2cccc(C)n2)c(C)c1.[Br-].[Br-].[Co+2]. The minimum absolute atomic E-state index is 0. The molecular weight excluding hydrogens is 575 g/mol. The number of nitrogens with zero attached hydrogens (tertiary/aromatic N) is 3. The van der Waals surface area contributed by atoms with E-state index in [1.165, 1.54) is 22.4 Å². The van der Waals surface area contributed by atoms with Gasteiger partial charge < -0.3 is 39.3 Å². The van der Waals surface area contributed by atoms with Crippen LogP contribution >= 0.6 is 0 Å². The molecule has 1 N–H and O–H groups in total. The maximum absolute atomic E-state index is 4.69. The Hall–Kier alpha value is -1.25. The van der Waals surface area contributed by atoms with E-state index >= 15 is 0 Å².